The molecule has 1 heterocycles. The van der Waals surface area contributed by atoms with Gasteiger partial charge in [0.25, 0.3) is 0 Å². The van der Waals surface area contributed by atoms with E-state index in [9.17, 15) is 4.79 Å². The highest BCUT2D eigenvalue weighted by molar-refractivity contribution is 6.00. The Kier molecular flexibility index (Phi) is 4.13. The number of ketones is 1. The molecule has 0 radical (unpaired) electrons. The lowest BCUT2D eigenvalue weighted by Gasteiger charge is -2.26. The van der Waals surface area contributed by atoms with Crippen LogP contribution >= 0.6 is 0 Å². The maximum atomic E-state index is 12.7. The second kappa shape index (κ2) is 6.59. The molecule has 4 rings (SSSR count). The number of anilines is 3. The number of Topliss-reactive ketones (excluding diaryl/α,β-unsaturated/α-hetero) is 1. The molecule has 5 heteroatoms. The SMILES string of the molecule is Cc1nc(N)nc2c1C(=O)CC(c1ccccc1Nc1ccccc1)C2. The molecule has 1 aliphatic carbocycles. The predicted molar refractivity (Wildman–Crippen MR) is 103 cm³/mol. The van der Waals surface area contributed by atoms with Gasteiger partial charge in [0.15, 0.2) is 5.78 Å². The van der Waals surface area contributed by atoms with E-state index >= 15 is 0 Å². The number of fused-ring (bicyclic) bond motifs is 1. The molecule has 0 saturated carbocycles. The fourth-order valence-corrected chi connectivity index (χ4v) is 3.66. The molecule has 3 N–H and O–H groups in total. The summed E-state index contributed by atoms with van der Waals surface area (Å²) >= 11 is 0. The van der Waals surface area contributed by atoms with E-state index in [0.29, 0.717) is 24.1 Å². The Morgan fingerprint density at radius 1 is 1.00 bits per heavy atom. The Bertz CT molecular complexity index is 969. The lowest BCUT2D eigenvalue weighted by atomic mass is 9.80. The van der Waals surface area contributed by atoms with E-state index in [1.165, 1.54) is 0 Å². The summed E-state index contributed by atoms with van der Waals surface area (Å²) in [6, 6.07) is 18.1. The maximum Gasteiger partial charge on any atom is 0.220 e. The third kappa shape index (κ3) is 3.04. The first-order chi connectivity index (χ1) is 12.6. The molecular weight excluding hydrogens is 324 g/mol. The van der Waals surface area contributed by atoms with Crippen LogP contribution in [0.15, 0.2) is 54.6 Å². The van der Waals surface area contributed by atoms with Gasteiger partial charge in [-0.2, -0.15) is 0 Å². The van der Waals surface area contributed by atoms with Gasteiger partial charge >= 0.3 is 0 Å². The summed E-state index contributed by atoms with van der Waals surface area (Å²) in [5.74, 6) is 0.379. The van der Waals surface area contributed by atoms with Crippen molar-refractivity contribution in [1.82, 2.24) is 9.97 Å². The van der Waals surface area contributed by atoms with Crippen LogP contribution in [0.5, 0.6) is 0 Å². The van der Waals surface area contributed by atoms with Crippen molar-refractivity contribution in [3.05, 3.63) is 77.1 Å². The van der Waals surface area contributed by atoms with E-state index in [0.717, 1.165) is 22.6 Å². The summed E-state index contributed by atoms with van der Waals surface area (Å²) in [6.07, 6.45) is 1.14. The number of rotatable bonds is 3. The number of aryl methyl sites for hydroxylation is 1. The van der Waals surface area contributed by atoms with Crippen LogP contribution in [0.4, 0.5) is 17.3 Å². The number of nitrogens with zero attached hydrogens (tertiary/aromatic N) is 2. The molecule has 1 aliphatic rings. The first-order valence-electron chi connectivity index (χ1n) is 8.69. The second-order valence-electron chi connectivity index (χ2n) is 6.60. The molecule has 0 amide bonds. The minimum Gasteiger partial charge on any atom is -0.368 e. The molecule has 3 aromatic rings. The van der Waals surface area contributed by atoms with Gasteiger partial charge in [-0.05, 0) is 43.0 Å². The van der Waals surface area contributed by atoms with Crippen LogP contribution in [-0.4, -0.2) is 15.8 Å². The summed E-state index contributed by atoms with van der Waals surface area (Å²) in [4.78, 5) is 21.2. The molecule has 1 atom stereocenters. The zero-order chi connectivity index (χ0) is 18.1. The zero-order valence-corrected chi connectivity index (χ0v) is 14.6. The number of hydrogen-bond donors (Lipinski definition) is 2. The fraction of sp³-hybridized carbons (Fsp3) is 0.190. The second-order valence-corrected chi connectivity index (χ2v) is 6.60. The van der Waals surface area contributed by atoms with Crippen LogP contribution in [0.2, 0.25) is 0 Å². The summed E-state index contributed by atoms with van der Waals surface area (Å²) < 4.78 is 0. The van der Waals surface area contributed by atoms with Crippen molar-refractivity contribution >= 4 is 23.1 Å². The predicted octanol–water partition coefficient (Wildman–Crippen LogP) is 4.02. The van der Waals surface area contributed by atoms with Gasteiger partial charge in [0.05, 0.1) is 17.0 Å². The summed E-state index contributed by atoms with van der Waals surface area (Å²) in [7, 11) is 0. The van der Waals surface area contributed by atoms with Crippen LogP contribution < -0.4 is 11.1 Å². The Morgan fingerprint density at radius 3 is 2.54 bits per heavy atom. The minimum atomic E-state index is 0.0658. The monoisotopic (exact) mass is 344 g/mol. The van der Waals surface area contributed by atoms with Crippen molar-refractivity contribution in [2.45, 2.75) is 25.7 Å². The molecule has 0 saturated heterocycles. The van der Waals surface area contributed by atoms with Crippen molar-refractivity contribution in [3.63, 3.8) is 0 Å². The number of carbonyl (C=O) groups is 1. The van der Waals surface area contributed by atoms with Crippen molar-refractivity contribution in [2.75, 3.05) is 11.1 Å². The van der Waals surface area contributed by atoms with Gasteiger partial charge < -0.3 is 11.1 Å². The number of benzene rings is 2. The number of nitrogens with two attached hydrogens (primary N) is 1. The molecule has 1 aromatic heterocycles. The van der Waals surface area contributed by atoms with Gasteiger partial charge in [-0.1, -0.05) is 36.4 Å². The Morgan fingerprint density at radius 2 is 1.73 bits per heavy atom. The average Bonchev–Trinajstić information content (AvgIpc) is 2.62. The fourth-order valence-electron chi connectivity index (χ4n) is 3.66. The van der Waals surface area contributed by atoms with E-state index < -0.39 is 0 Å². The van der Waals surface area contributed by atoms with Gasteiger partial charge in [-0.3, -0.25) is 4.79 Å². The zero-order valence-electron chi connectivity index (χ0n) is 14.6. The highest BCUT2D eigenvalue weighted by atomic mass is 16.1. The molecule has 130 valence electrons. The molecule has 0 fully saturated rings. The third-order valence-corrected chi connectivity index (χ3v) is 4.79. The van der Waals surface area contributed by atoms with E-state index in [4.69, 9.17) is 5.73 Å². The molecule has 26 heavy (non-hydrogen) atoms. The molecular formula is C21H20N4O. The van der Waals surface area contributed by atoms with Crippen LogP contribution in [0.3, 0.4) is 0 Å². The molecule has 0 spiro atoms. The first kappa shape index (κ1) is 16.3. The molecule has 2 aromatic carbocycles. The van der Waals surface area contributed by atoms with E-state index in [2.05, 4.69) is 21.4 Å². The smallest absolute Gasteiger partial charge is 0.220 e. The minimum absolute atomic E-state index is 0.0658. The average molecular weight is 344 g/mol. The van der Waals surface area contributed by atoms with Crippen molar-refractivity contribution in [2.24, 2.45) is 0 Å². The highest BCUT2D eigenvalue weighted by Crippen LogP contribution is 2.37. The summed E-state index contributed by atoms with van der Waals surface area (Å²) in [5.41, 5.74) is 11.0. The lowest BCUT2D eigenvalue weighted by molar-refractivity contribution is 0.0962. The number of aromatic nitrogens is 2. The van der Waals surface area contributed by atoms with E-state index in [1.54, 1.807) is 0 Å². The van der Waals surface area contributed by atoms with Crippen LogP contribution in [0.25, 0.3) is 0 Å². The van der Waals surface area contributed by atoms with Crippen molar-refractivity contribution in [3.8, 4) is 0 Å². The topological polar surface area (TPSA) is 80.9 Å². The molecule has 5 nitrogen and oxygen atoms in total. The van der Waals surface area contributed by atoms with Gasteiger partial charge in [-0.25, -0.2) is 9.97 Å². The number of para-hydroxylation sites is 2. The molecule has 0 bridgehead atoms. The van der Waals surface area contributed by atoms with Crippen LogP contribution in [0.1, 0.15) is 39.6 Å². The van der Waals surface area contributed by atoms with E-state index in [-0.39, 0.29) is 17.6 Å². The normalized spacial score (nSPS) is 16.2. The van der Waals surface area contributed by atoms with Crippen molar-refractivity contribution < 1.29 is 4.79 Å². The summed E-state index contributed by atoms with van der Waals surface area (Å²) in [5, 5.41) is 3.46. The van der Waals surface area contributed by atoms with Crippen LogP contribution in [0, 0.1) is 6.92 Å². The summed E-state index contributed by atoms with van der Waals surface area (Å²) in [6.45, 7) is 1.82. The largest absolute Gasteiger partial charge is 0.368 e. The van der Waals surface area contributed by atoms with Gasteiger partial charge in [-0.15, -0.1) is 0 Å². The Hall–Kier alpha value is -3.21. The third-order valence-electron chi connectivity index (χ3n) is 4.79. The van der Waals surface area contributed by atoms with Crippen LogP contribution in [-0.2, 0) is 6.42 Å². The number of nitrogens with one attached hydrogen (secondary N) is 1. The van der Waals surface area contributed by atoms with Gasteiger partial charge in [0, 0.05) is 17.8 Å². The Balaban J connectivity index is 1.70. The molecule has 1 unspecified atom stereocenters. The maximum absolute atomic E-state index is 12.7. The number of hydrogen-bond acceptors (Lipinski definition) is 5. The standard InChI is InChI=1S/C21H20N4O/c1-13-20-18(25-21(22)23-13)11-14(12-19(20)26)16-9-5-6-10-17(16)24-15-7-3-2-4-8-15/h2-10,14,24H,11-12H2,1H3,(H2,22,23,25). The number of nitrogen functional groups attached to an aromatic ring is 1. The number of carbonyl (C=O) groups excluding carboxylic acids is 1. The highest BCUT2D eigenvalue weighted by Gasteiger charge is 2.30. The Labute approximate surface area is 152 Å². The lowest BCUT2D eigenvalue weighted by Crippen LogP contribution is -2.23. The van der Waals surface area contributed by atoms with Gasteiger partial charge in [0.1, 0.15) is 0 Å². The quantitative estimate of drug-likeness (QED) is 0.750. The van der Waals surface area contributed by atoms with E-state index in [1.807, 2.05) is 55.5 Å². The molecule has 0 aliphatic heterocycles. The van der Waals surface area contributed by atoms with Gasteiger partial charge in [0.2, 0.25) is 5.95 Å². The van der Waals surface area contributed by atoms with Crippen molar-refractivity contribution in [1.29, 1.82) is 0 Å². The first-order valence-corrected chi connectivity index (χ1v) is 8.69.